The van der Waals surface area contributed by atoms with Crippen LogP contribution >= 0.6 is 0 Å². The number of β-amino-alcohol motifs (C(OH)–C–C–N with tert-alkyl or cyclic N) is 1. The molecule has 1 fully saturated rings. The van der Waals surface area contributed by atoms with Crippen LogP contribution in [0, 0.1) is 0 Å². The molecular weight excluding hydrogens is 306 g/mol. The molecule has 0 aliphatic carbocycles. The van der Waals surface area contributed by atoms with Crippen molar-refractivity contribution in [3.05, 3.63) is 48.0 Å². The van der Waals surface area contributed by atoms with E-state index in [0.29, 0.717) is 18.1 Å². The fourth-order valence-corrected chi connectivity index (χ4v) is 3.46. The Hall–Kier alpha value is -2.34. The van der Waals surface area contributed by atoms with Crippen LogP contribution in [0.2, 0.25) is 0 Å². The van der Waals surface area contributed by atoms with Gasteiger partial charge in [-0.1, -0.05) is 18.2 Å². The van der Waals surface area contributed by atoms with Crippen molar-refractivity contribution in [2.75, 3.05) is 13.1 Å². The lowest BCUT2D eigenvalue weighted by molar-refractivity contribution is 0.0725. The zero-order valence-electron chi connectivity index (χ0n) is 13.5. The molecule has 1 aromatic carbocycles. The Labute approximate surface area is 140 Å². The van der Waals surface area contributed by atoms with Gasteiger partial charge in [0.15, 0.2) is 5.82 Å². The largest absolute Gasteiger partial charge is 0.486 e. The minimum Gasteiger partial charge on any atom is -0.486 e. The van der Waals surface area contributed by atoms with Gasteiger partial charge in [-0.3, -0.25) is 4.79 Å². The number of imidazole rings is 1. The van der Waals surface area contributed by atoms with Crippen molar-refractivity contribution in [2.24, 2.45) is 0 Å². The second-order valence-corrected chi connectivity index (χ2v) is 6.43. The van der Waals surface area contributed by atoms with Gasteiger partial charge in [-0.05, 0) is 31.4 Å². The topological polar surface area (TPSA) is 67.6 Å². The van der Waals surface area contributed by atoms with E-state index in [4.69, 9.17) is 4.74 Å². The molecule has 3 heterocycles. The number of aromatic nitrogens is 2. The average Bonchev–Trinajstić information content (AvgIpc) is 3.19. The van der Waals surface area contributed by atoms with Crippen LogP contribution in [0.3, 0.4) is 0 Å². The number of para-hydroxylation sites is 1. The number of nitrogens with zero attached hydrogens (tertiary/aromatic N) is 3. The minimum atomic E-state index is -0.690. The van der Waals surface area contributed by atoms with E-state index in [1.165, 1.54) is 0 Å². The first kappa shape index (κ1) is 15.2. The smallest absolute Gasteiger partial charge is 0.290 e. The third-order valence-corrected chi connectivity index (χ3v) is 4.75. The molecule has 2 atom stereocenters. The standard InChI is InChI=1S/C18H21N3O3/c22-15-11-20(12-16(15)24-14-7-2-1-3-8-14)18(23)17-19-10-13-6-4-5-9-21(13)17/h1-3,7-8,10,15-16,22H,4-6,9,11-12H2/t15-,16-/m1/s1. The quantitative estimate of drug-likeness (QED) is 0.927. The minimum absolute atomic E-state index is 0.124. The average molecular weight is 327 g/mol. The van der Waals surface area contributed by atoms with Crippen molar-refractivity contribution >= 4 is 5.91 Å². The molecule has 1 amide bonds. The number of hydrogen-bond acceptors (Lipinski definition) is 4. The summed E-state index contributed by atoms with van der Waals surface area (Å²) < 4.78 is 7.84. The summed E-state index contributed by atoms with van der Waals surface area (Å²) in [6, 6.07) is 9.38. The molecule has 1 saturated heterocycles. The number of amides is 1. The van der Waals surface area contributed by atoms with E-state index in [1.54, 1.807) is 11.1 Å². The van der Waals surface area contributed by atoms with E-state index in [0.717, 1.165) is 31.5 Å². The van der Waals surface area contributed by atoms with Gasteiger partial charge >= 0.3 is 0 Å². The molecule has 1 aromatic heterocycles. The second kappa shape index (κ2) is 6.28. The summed E-state index contributed by atoms with van der Waals surface area (Å²) in [4.78, 5) is 18.8. The summed E-state index contributed by atoms with van der Waals surface area (Å²) in [7, 11) is 0. The molecule has 1 N–H and O–H groups in total. The maximum Gasteiger partial charge on any atom is 0.290 e. The predicted octanol–water partition coefficient (Wildman–Crippen LogP) is 1.48. The summed E-state index contributed by atoms with van der Waals surface area (Å²) in [6.45, 7) is 1.49. The van der Waals surface area contributed by atoms with Crippen molar-refractivity contribution < 1.29 is 14.6 Å². The van der Waals surface area contributed by atoms with Crippen LogP contribution in [-0.2, 0) is 13.0 Å². The SMILES string of the molecule is O=C(c1ncc2n1CCCC2)N1C[C@@H](O)[C@H](Oc2ccccc2)C1. The lowest BCUT2D eigenvalue weighted by atomic mass is 10.1. The molecule has 24 heavy (non-hydrogen) atoms. The first-order valence-corrected chi connectivity index (χ1v) is 8.46. The predicted molar refractivity (Wildman–Crippen MR) is 87.9 cm³/mol. The van der Waals surface area contributed by atoms with Gasteiger partial charge in [0.05, 0.1) is 13.1 Å². The number of hydrogen-bond donors (Lipinski definition) is 1. The normalized spacial score (nSPS) is 23.1. The van der Waals surface area contributed by atoms with Gasteiger partial charge in [0, 0.05) is 18.4 Å². The maximum atomic E-state index is 12.8. The number of aliphatic hydroxyl groups is 1. The van der Waals surface area contributed by atoms with Crippen LogP contribution < -0.4 is 4.74 Å². The number of fused-ring (bicyclic) bond motifs is 1. The summed E-state index contributed by atoms with van der Waals surface area (Å²) in [6.07, 6.45) is 3.90. The van der Waals surface area contributed by atoms with Gasteiger partial charge in [-0.25, -0.2) is 4.98 Å². The molecule has 2 aromatic rings. The molecule has 0 radical (unpaired) electrons. The Bertz CT molecular complexity index is 728. The van der Waals surface area contributed by atoms with Crippen molar-refractivity contribution in [1.29, 1.82) is 0 Å². The molecule has 0 unspecified atom stereocenters. The third-order valence-electron chi connectivity index (χ3n) is 4.75. The van der Waals surface area contributed by atoms with E-state index in [2.05, 4.69) is 4.98 Å². The van der Waals surface area contributed by atoms with Crippen LogP contribution in [0.1, 0.15) is 29.2 Å². The summed E-state index contributed by atoms with van der Waals surface area (Å²) >= 11 is 0. The second-order valence-electron chi connectivity index (χ2n) is 6.43. The van der Waals surface area contributed by atoms with Gasteiger partial charge in [-0.15, -0.1) is 0 Å². The summed E-state index contributed by atoms with van der Waals surface area (Å²) in [5, 5.41) is 10.3. The zero-order valence-corrected chi connectivity index (χ0v) is 13.5. The molecule has 4 rings (SSSR count). The Kier molecular flexibility index (Phi) is 3.98. The summed E-state index contributed by atoms with van der Waals surface area (Å²) in [5.41, 5.74) is 1.13. The Morgan fingerprint density at radius 2 is 2.04 bits per heavy atom. The number of benzene rings is 1. The number of likely N-dealkylation sites (tertiary alicyclic amines) is 1. The van der Waals surface area contributed by atoms with Crippen LogP contribution in [0.25, 0.3) is 0 Å². The first-order valence-electron chi connectivity index (χ1n) is 8.46. The van der Waals surface area contributed by atoms with Crippen LogP contribution in [-0.4, -0.2) is 50.8 Å². The fraction of sp³-hybridized carbons (Fsp3) is 0.444. The molecule has 126 valence electrons. The molecule has 0 saturated carbocycles. The van der Waals surface area contributed by atoms with Gasteiger partial charge in [0.25, 0.3) is 5.91 Å². The monoisotopic (exact) mass is 327 g/mol. The molecule has 2 aliphatic rings. The van der Waals surface area contributed by atoms with E-state index < -0.39 is 12.2 Å². The number of aliphatic hydroxyl groups excluding tert-OH is 1. The lowest BCUT2D eigenvalue weighted by Crippen LogP contribution is -2.33. The highest BCUT2D eigenvalue weighted by Gasteiger charge is 2.37. The van der Waals surface area contributed by atoms with Crippen molar-refractivity contribution in [2.45, 2.75) is 38.0 Å². The zero-order chi connectivity index (χ0) is 16.5. The fourth-order valence-electron chi connectivity index (χ4n) is 3.46. The number of aryl methyl sites for hydroxylation is 1. The number of carbonyl (C=O) groups is 1. The summed E-state index contributed by atoms with van der Waals surface area (Å²) in [5.74, 6) is 1.06. The van der Waals surface area contributed by atoms with Gasteiger partial charge in [0.2, 0.25) is 0 Å². The maximum absolute atomic E-state index is 12.8. The van der Waals surface area contributed by atoms with E-state index >= 15 is 0 Å². The van der Waals surface area contributed by atoms with Crippen molar-refractivity contribution in [3.63, 3.8) is 0 Å². The number of carbonyl (C=O) groups excluding carboxylic acids is 1. The van der Waals surface area contributed by atoms with Crippen LogP contribution in [0.15, 0.2) is 36.5 Å². The number of rotatable bonds is 3. The van der Waals surface area contributed by atoms with E-state index in [-0.39, 0.29) is 12.5 Å². The molecule has 2 aliphatic heterocycles. The van der Waals surface area contributed by atoms with Gasteiger partial charge in [0.1, 0.15) is 18.0 Å². The van der Waals surface area contributed by atoms with E-state index in [9.17, 15) is 9.90 Å². The molecule has 0 spiro atoms. The van der Waals surface area contributed by atoms with E-state index in [1.807, 2.05) is 34.9 Å². The van der Waals surface area contributed by atoms with Gasteiger partial charge < -0.3 is 19.3 Å². The van der Waals surface area contributed by atoms with Crippen LogP contribution in [0.4, 0.5) is 0 Å². The Morgan fingerprint density at radius 3 is 2.88 bits per heavy atom. The lowest BCUT2D eigenvalue weighted by Gasteiger charge is -2.20. The molecule has 6 heteroatoms. The van der Waals surface area contributed by atoms with Crippen LogP contribution in [0.5, 0.6) is 5.75 Å². The third kappa shape index (κ3) is 2.78. The number of ether oxygens (including phenoxy) is 1. The Morgan fingerprint density at radius 1 is 1.21 bits per heavy atom. The molecule has 6 nitrogen and oxygen atoms in total. The highest BCUT2D eigenvalue weighted by atomic mass is 16.5. The van der Waals surface area contributed by atoms with Crippen molar-refractivity contribution in [1.82, 2.24) is 14.5 Å². The molecular formula is C18H21N3O3. The first-order chi connectivity index (χ1) is 11.7. The highest BCUT2D eigenvalue weighted by molar-refractivity contribution is 5.91. The highest BCUT2D eigenvalue weighted by Crippen LogP contribution is 2.22. The molecule has 0 bridgehead atoms. The Balaban J connectivity index is 1.47. The van der Waals surface area contributed by atoms with Gasteiger partial charge in [-0.2, -0.15) is 0 Å². The van der Waals surface area contributed by atoms with Crippen molar-refractivity contribution in [3.8, 4) is 5.75 Å².